The molecule has 0 fully saturated rings. The second-order valence-corrected chi connectivity index (χ2v) is 6.16. The van der Waals surface area contributed by atoms with Crippen molar-refractivity contribution >= 4 is 45.7 Å². The third kappa shape index (κ3) is 4.89. The van der Waals surface area contributed by atoms with E-state index in [0.29, 0.717) is 11.3 Å². The van der Waals surface area contributed by atoms with Gasteiger partial charge in [-0.2, -0.15) is 0 Å². The average molecular weight is 336 g/mol. The summed E-state index contributed by atoms with van der Waals surface area (Å²) in [6.45, 7) is 7.19. The molecule has 4 nitrogen and oxygen atoms in total. The molecular formula is C16H20N2O2S2. The fourth-order valence-corrected chi connectivity index (χ4v) is 3.17. The molecule has 0 bridgehead atoms. The van der Waals surface area contributed by atoms with Crippen LogP contribution in [0.2, 0.25) is 0 Å². The number of nitrogens with one attached hydrogen (secondary N) is 2. The van der Waals surface area contributed by atoms with Crippen molar-refractivity contribution in [1.82, 2.24) is 5.32 Å². The second-order valence-electron chi connectivity index (χ2n) is 4.70. The lowest BCUT2D eigenvalue weighted by Gasteiger charge is -2.03. The van der Waals surface area contributed by atoms with E-state index in [9.17, 15) is 9.59 Å². The number of thiophene rings is 1. The molecule has 1 aromatic heterocycles. The van der Waals surface area contributed by atoms with E-state index in [1.807, 2.05) is 20.8 Å². The van der Waals surface area contributed by atoms with Crippen LogP contribution < -0.4 is 10.6 Å². The molecule has 1 rings (SSSR count). The van der Waals surface area contributed by atoms with Gasteiger partial charge in [0.05, 0.1) is 11.1 Å². The normalized spacial score (nSPS) is 11.5. The quantitative estimate of drug-likeness (QED) is 0.450. The molecule has 1 amide bonds. The maximum Gasteiger partial charge on any atom is 0.221 e. The Morgan fingerprint density at radius 1 is 1.32 bits per heavy atom. The summed E-state index contributed by atoms with van der Waals surface area (Å²) in [6.07, 6.45) is 5.53. The molecule has 22 heavy (non-hydrogen) atoms. The molecule has 118 valence electrons. The predicted octanol–water partition coefficient (Wildman–Crippen LogP) is 3.90. The number of thiocarbonyl (C=S) groups is 1. The number of Topliss-reactive ketones (excluding diaryl/α,β-unsaturated/α-hetero) is 1. The first kappa shape index (κ1) is 18.3. The van der Waals surface area contributed by atoms with Gasteiger partial charge >= 0.3 is 0 Å². The molecule has 6 heteroatoms. The van der Waals surface area contributed by atoms with Gasteiger partial charge in [0.25, 0.3) is 0 Å². The van der Waals surface area contributed by atoms with Gasteiger partial charge in [0.2, 0.25) is 5.91 Å². The minimum absolute atomic E-state index is 0.0238. The number of hydrogen-bond donors (Lipinski definition) is 2. The van der Waals surface area contributed by atoms with E-state index in [0.717, 1.165) is 15.4 Å². The first-order valence-electron chi connectivity index (χ1n) is 6.84. The Balaban J connectivity index is 2.86. The number of aryl methyl sites for hydroxylation is 1. The monoisotopic (exact) mass is 336 g/mol. The molecule has 0 aromatic carbocycles. The lowest BCUT2D eigenvalue weighted by atomic mass is 10.0. The molecule has 1 heterocycles. The largest absolute Gasteiger partial charge is 0.344 e. The predicted molar refractivity (Wildman–Crippen MR) is 96.7 cm³/mol. The van der Waals surface area contributed by atoms with Crippen LogP contribution in [0.5, 0.6) is 0 Å². The Labute approximate surface area is 140 Å². The Bertz CT molecular complexity index is 643. The standard InChI is InChI=1S/C16H20N2O2S2/c1-5-13(18-12(4)19)7-6-8-14(20)15-10(2)11(3)22-16(15)17-9-21/h5-7,9H,8H2,1-4H3,(H,17,21)(H,18,19)/b7-6-,13-5+. The summed E-state index contributed by atoms with van der Waals surface area (Å²) in [7, 11) is 0. The van der Waals surface area contributed by atoms with Crippen LogP contribution in [0.1, 0.15) is 41.1 Å². The highest BCUT2D eigenvalue weighted by atomic mass is 32.1. The third-order valence-corrected chi connectivity index (χ3v) is 4.34. The van der Waals surface area contributed by atoms with Crippen LogP contribution in [0.4, 0.5) is 5.00 Å². The van der Waals surface area contributed by atoms with Crippen LogP contribution in [0.25, 0.3) is 0 Å². The van der Waals surface area contributed by atoms with Gasteiger partial charge in [-0.25, -0.2) is 0 Å². The maximum atomic E-state index is 12.4. The number of carbonyl (C=O) groups is 2. The van der Waals surface area contributed by atoms with Gasteiger partial charge in [-0.05, 0) is 32.4 Å². The highest BCUT2D eigenvalue weighted by Crippen LogP contribution is 2.33. The Morgan fingerprint density at radius 3 is 2.55 bits per heavy atom. The van der Waals surface area contributed by atoms with Gasteiger partial charge < -0.3 is 10.6 Å². The molecule has 0 aliphatic carbocycles. The molecule has 0 saturated carbocycles. The number of carbonyl (C=O) groups excluding carboxylic acids is 2. The molecule has 0 unspecified atom stereocenters. The Kier molecular flexibility index (Phi) is 7.14. The van der Waals surface area contributed by atoms with Gasteiger partial charge in [0.15, 0.2) is 5.78 Å². The van der Waals surface area contributed by atoms with E-state index >= 15 is 0 Å². The summed E-state index contributed by atoms with van der Waals surface area (Å²) in [5.41, 5.74) is 3.76. The zero-order chi connectivity index (χ0) is 16.7. The van der Waals surface area contributed by atoms with Gasteiger partial charge in [-0.15, -0.1) is 11.3 Å². The van der Waals surface area contributed by atoms with Gasteiger partial charge in [-0.1, -0.05) is 24.4 Å². The first-order chi connectivity index (χ1) is 10.4. The lowest BCUT2D eigenvalue weighted by Crippen LogP contribution is -2.17. The summed E-state index contributed by atoms with van der Waals surface area (Å²) in [5, 5.41) is 6.42. The SMILES string of the molecule is C/C=C(\C=C/CC(=O)c1c(NC=S)sc(C)c1C)NC(C)=O. The van der Waals surface area contributed by atoms with E-state index in [-0.39, 0.29) is 18.1 Å². The summed E-state index contributed by atoms with van der Waals surface area (Å²) < 4.78 is 0. The van der Waals surface area contributed by atoms with Crippen LogP contribution in [-0.4, -0.2) is 17.2 Å². The van der Waals surface area contributed by atoms with Crippen molar-refractivity contribution < 1.29 is 9.59 Å². The highest BCUT2D eigenvalue weighted by molar-refractivity contribution is 7.79. The molecule has 0 aliphatic heterocycles. The summed E-state index contributed by atoms with van der Waals surface area (Å²) >= 11 is 6.33. The van der Waals surface area contributed by atoms with Crippen molar-refractivity contribution in [1.29, 1.82) is 0 Å². The number of hydrogen-bond acceptors (Lipinski definition) is 4. The van der Waals surface area contributed by atoms with Crippen molar-refractivity contribution in [2.45, 2.75) is 34.1 Å². The van der Waals surface area contributed by atoms with E-state index < -0.39 is 0 Å². The van der Waals surface area contributed by atoms with Gasteiger partial charge in [0.1, 0.15) is 5.00 Å². The van der Waals surface area contributed by atoms with Crippen LogP contribution in [0.3, 0.4) is 0 Å². The summed E-state index contributed by atoms with van der Waals surface area (Å²) in [5.74, 6) is -0.114. The smallest absolute Gasteiger partial charge is 0.221 e. The van der Waals surface area contributed by atoms with E-state index in [1.165, 1.54) is 23.8 Å². The van der Waals surface area contributed by atoms with E-state index in [2.05, 4.69) is 10.6 Å². The Morgan fingerprint density at radius 2 is 2.00 bits per heavy atom. The zero-order valence-electron chi connectivity index (χ0n) is 13.1. The molecule has 0 radical (unpaired) electrons. The lowest BCUT2D eigenvalue weighted by molar-refractivity contribution is -0.118. The van der Waals surface area contributed by atoms with E-state index in [1.54, 1.807) is 18.2 Å². The molecular weight excluding hydrogens is 316 g/mol. The Hall–Kier alpha value is -1.79. The number of amides is 1. The molecule has 0 aliphatic rings. The minimum atomic E-state index is -0.138. The van der Waals surface area contributed by atoms with Crippen molar-refractivity contribution in [2.24, 2.45) is 0 Å². The third-order valence-electron chi connectivity index (χ3n) is 3.09. The number of rotatable bonds is 7. The second kappa shape index (κ2) is 8.60. The van der Waals surface area contributed by atoms with Gasteiger partial charge in [0, 0.05) is 23.9 Å². The highest BCUT2D eigenvalue weighted by Gasteiger charge is 2.17. The molecule has 0 spiro atoms. The number of anilines is 1. The zero-order valence-corrected chi connectivity index (χ0v) is 14.8. The van der Waals surface area contributed by atoms with Crippen LogP contribution in [0, 0.1) is 13.8 Å². The fraction of sp³-hybridized carbons (Fsp3) is 0.312. The maximum absolute atomic E-state index is 12.4. The minimum Gasteiger partial charge on any atom is -0.344 e. The van der Waals surface area contributed by atoms with E-state index in [4.69, 9.17) is 12.2 Å². The number of ketones is 1. The molecule has 1 aromatic rings. The fourth-order valence-electron chi connectivity index (χ4n) is 1.93. The summed E-state index contributed by atoms with van der Waals surface area (Å²) in [4.78, 5) is 24.5. The van der Waals surface area contributed by atoms with Crippen LogP contribution in [-0.2, 0) is 4.79 Å². The van der Waals surface area contributed by atoms with Crippen molar-refractivity contribution in [3.63, 3.8) is 0 Å². The molecule has 0 atom stereocenters. The van der Waals surface area contributed by atoms with Crippen LogP contribution >= 0.6 is 23.6 Å². The first-order valence-corrected chi connectivity index (χ1v) is 8.13. The van der Waals surface area contributed by atoms with Gasteiger partial charge in [-0.3, -0.25) is 9.59 Å². The molecule has 0 saturated heterocycles. The van der Waals surface area contributed by atoms with Crippen molar-refractivity contribution in [3.05, 3.63) is 39.9 Å². The summed E-state index contributed by atoms with van der Waals surface area (Å²) in [6, 6.07) is 0. The van der Waals surface area contributed by atoms with Crippen molar-refractivity contribution in [3.8, 4) is 0 Å². The average Bonchev–Trinajstić information content (AvgIpc) is 2.72. The van der Waals surface area contributed by atoms with Crippen molar-refractivity contribution in [2.75, 3.05) is 5.32 Å². The number of allylic oxidation sites excluding steroid dienone is 3. The molecule has 2 N–H and O–H groups in total. The topological polar surface area (TPSA) is 58.2 Å². The van der Waals surface area contributed by atoms with Crippen LogP contribution in [0.15, 0.2) is 23.9 Å².